The highest BCUT2D eigenvalue weighted by Crippen LogP contribution is 2.46. The van der Waals surface area contributed by atoms with Gasteiger partial charge in [-0.1, -0.05) is 31.2 Å². The van der Waals surface area contributed by atoms with Crippen LogP contribution in [0.25, 0.3) is 0 Å². The van der Waals surface area contributed by atoms with Crippen molar-refractivity contribution in [2.75, 3.05) is 27.4 Å². The molecule has 2 aliphatic rings. The van der Waals surface area contributed by atoms with E-state index in [4.69, 9.17) is 14.2 Å². The summed E-state index contributed by atoms with van der Waals surface area (Å²) in [7, 11) is 2.81. The monoisotopic (exact) mass is 427 g/mol. The minimum Gasteiger partial charge on any atom is -0.468 e. The Bertz CT molecular complexity index is 961. The summed E-state index contributed by atoms with van der Waals surface area (Å²) in [6.45, 7) is 5.99. The summed E-state index contributed by atoms with van der Waals surface area (Å²) in [5.74, 6) is -3.12. The molecule has 3 atom stereocenters. The number of rotatable bonds is 6. The fraction of sp³-hybridized carbons (Fsp3) is 0.458. The first-order valence-corrected chi connectivity index (χ1v) is 10.4. The zero-order valence-electron chi connectivity index (χ0n) is 18.6. The number of ether oxygens (including phenoxy) is 3. The van der Waals surface area contributed by atoms with Crippen LogP contribution in [0.3, 0.4) is 0 Å². The molecule has 0 aromatic heterocycles. The van der Waals surface area contributed by atoms with Crippen molar-refractivity contribution < 1.29 is 28.6 Å². The van der Waals surface area contributed by atoms with Crippen LogP contribution in [0.5, 0.6) is 0 Å². The first-order chi connectivity index (χ1) is 14.8. The van der Waals surface area contributed by atoms with E-state index >= 15 is 0 Å². The maximum atomic E-state index is 13.6. The number of dihydropyridines is 1. The molecule has 1 aliphatic heterocycles. The Kier molecular flexibility index (Phi) is 6.95. The number of Topliss-reactive ketones (excluding diaryl/α,β-unsaturated/α-hetero) is 1. The van der Waals surface area contributed by atoms with E-state index in [-0.39, 0.29) is 24.9 Å². The molecule has 0 amide bonds. The summed E-state index contributed by atoms with van der Waals surface area (Å²) in [4.78, 5) is 39.1. The lowest BCUT2D eigenvalue weighted by Crippen LogP contribution is -2.43. The number of carbonyl (C=O) groups excluding carboxylic acids is 3. The third-order valence-corrected chi connectivity index (χ3v) is 5.98. The van der Waals surface area contributed by atoms with E-state index in [1.165, 1.54) is 14.2 Å². The predicted octanol–water partition coefficient (Wildman–Crippen LogP) is 2.80. The lowest BCUT2D eigenvalue weighted by molar-refractivity contribution is -0.151. The van der Waals surface area contributed by atoms with Crippen LogP contribution in [-0.2, 0) is 28.6 Å². The zero-order valence-corrected chi connectivity index (χ0v) is 18.6. The molecule has 166 valence electrons. The van der Waals surface area contributed by atoms with Crippen LogP contribution in [0.15, 0.2) is 46.8 Å². The molecule has 0 saturated carbocycles. The number of methoxy groups -OCH3 is 2. The molecule has 7 nitrogen and oxygen atoms in total. The smallest absolute Gasteiger partial charge is 0.336 e. The molecule has 1 aromatic carbocycles. The van der Waals surface area contributed by atoms with Crippen LogP contribution < -0.4 is 5.32 Å². The van der Waals surface area contributed by atoms with Crippen LogP contribution >= 0.6 is 0 Å². The van der Waals surface area contributed by atoms with Gasteiger partial charge in [0.25, 0.3) is 0 Å². The molecule has 0 radical (unpaired) electrons. The molecule has 1 aromatic rings. The van der Waals surface area contributed by atoms with E-state index in [0.717, 1.165) is 16.8 Å². The van der Waals surface area contributed by atoms with Crippen molar-refractivity contribution >= 4 is 17.7 Å². The number of esters is 2. The van der Waals surface area contributed by atoms with Crippen molar-refractivity contribution in [1.29, 1.82) is 0 Å². The van der Waals surface area contributed by atoms with Gasteiger partial charge in [0, 0.05) is 30.0 Å². The highest BCUT2D eigenvalue weighted by molar-refractivity contribution is 6.12. The Morgan fingerprint density at radius 2 is 1.84 bits per heavy atom. The Morgan fingerprint density at radius 1 is 1.13 bits per heavy atom. The van der Waals surface area contributed by atoms with E-state index < -0.39 is 23.8 Å². The number of hydrogen-bond donors (Lipinski definition) is 1. The van der Waals surface area contributed by atoms with Gasteiger partial charge in [0.1, 0.15) is 12.5 Å². The van der Waals surface area contributed by atoms with Gasteiger partial charge in [0.2, 0.25) is 0 Å². The summed E-state index contributed by atoms with van der Waals surface area (Å²) >= 11 is 0. The minimum absolute atomic E-state index is 0.105. The Hall–Kier alpha value is -2.93. The second-order valence-corrected chi connectivity index (χ2v) is 8.02. The molecule has 3 rings (SSSR count). The molecule has 0 saturated heterocycles. The minimum atomic E-state index is -0.902. The summed E-state index contributed by atoms with van der Waals surface area (Å²) in [5.41, 5.74) is 3.98. The lowest BCUT2D eigenvalue weighted by atomic mass is 9.68. The highest BCUT2D eigenvalue weighted by Gasteiger charge is 2.47. The Labute approximate surface area is 182 Å². The maximum Gasteiger partial charge on any atom is 0.336 e. The summed E-state index contributed by atoms with van der Waals surface area (Å²) in [5, 5.41) is 3.25. The number of carbonyl (C=O) groups is 3. The first-order valence-electron chi connectivity index (χ1n) is 10.4. The third kappa shape index (κ3) is 4.28. The van der Waals surface area contributed by atoms with Crippen LogP contribution in [0.4, 0.5) is 0 Å². The third-order valence-electron chi connectivity index (χ3n) is 5.98. The number of nitrogens with one attached hydrogen (secondary N) is 1. The molecule has 0 bridgehead atoms. The second kappa shape index (κ2) is 9.47. The zero-order chi connectivity index (χ0) is 22.7. The van der Waals surface area contributed by atoms with E-state index in [1.54, 1.807) is 0 Å². The largest absolute Gasteiger partial charge is 0.468 e. The molecular weight excluding hydrogens is 398 g/mol. The highest BCUT2D eigenvalue weighted by atomic mass is 16.6. The van der Waals surface area contributed by atoms with Crippen molar-refractivity contribution in [3.8, 4) is 0 Å². The van der Waals surface area contributed by atoms with Crippen molar-refractivity contribution in [1.82, 2.24) is 5.32 Å². The second-order valence-electron chi connectivity index (χ2n) is 8.02. The summed E-state index contributed by atoms with van der Waals surface area (Å²) in [6, 6.07) is 7.63. The Balaban J connectivity index is 2.14. The van der Waals surface area contributed by atoms with Gasteiger partial charge >= 0.3 is 11.9 Å². The van der Waals surface area contributed by atoms with Crippen molar-refractivity contribution in [2.45, 2.75) is 33.1 Å². The number of aryl methyl sites for hydroxylation is 1. The molecule has 3 unspecified atom stereocenters. The van der Waals surface area contributed by atoms with Gasteiger partial charge in [0.15, 0.2) is 5.78 Å². The fourth-order valence-corrected chi connectivity index (χ4v) is 4.47. The molecular formula is C24H29NO6. The molecule has 31 heavy (non-hydrogen) atoms. The number of ketones is 1. The quantitative estimate of drug-likeness (QED) is 0.424. The topological polar surface area (TPSA) is 90.9 Å². The fourth-order valence-electron chi connectivity index (χ4n) is 4.47. The van der Waals surface area contributed by atoms with Crippen molar-refractivity contribution in [2.24, 2.45) is 11.8 Å². The first kappa shape index (κ1) is 22.7. The molecule has 0 fully saturated rings. The number of benzene rings is 1. The molecule has 0 spiro atoms. The van der Waals surface area contributed by atoms with Crippen LogP contribution in [0, 0.1) is 18.8 Å². The average Bonchev–Trinajstić information content (AvgIpc) is 2.73. The Morgan fingerprint density at radius 3 is 2.48 bits per heavy atom. The lowest BCUT2D eigenvalue weighted by Gasteiger charge is -2.38. The van der Waals surface area contributed by atoms with Crippen molar-refractivity contribution in [3.05, 3.63) is 57.9 Å². The average molecular weight is 427 g/mol. The summed E-state index contributed by atoms with van der Waals surface area (Å²) < 4.78 is 15.3. The van der Waals surface area contributed by atoms with E-state index in [9.17, 15) is 14.4 Å². The molecule has 1 heterocycles. The van der Waals surface area contributed by atoms with E-state index in [1.807, 2.05) is 45.0 Å². The maximum absolute atomic E-state index is 13.6. The van der Waals surface area contributed by atoms with Gasteiger partial charge < -0.3 is 19.5 Å². The van der Waals surface area contributed by atoms with Crippen LogP contribution in [0.2, 0.25) is 0 Å². The SMILES string of the molecule is COCCOC(=O)C1=C(C)NC2=C(C(=O)C(C(=O)OC)C(C)C2)C1c1ccccc1C. The van der Waals surface area contributed by atoms with Crippen LogP contribution in [0.1, 0.15) is 37.3 Å². The normalized spacial score (nSPS) is 23.3. The van der Waals surface area contributed by atoms with Crippen molar-refractivity contribution in [3.63, 3.8) is 0 Å². The van der Waals surface area contributed by atoms with Gasteiger partial charge in [-0.25, -0.2) is 4.79 Å². The van der Waals surface area contributed by atoms with Gasteiger partial charge in [-0.2, -0.15) is 0 Å². The summed E-state index contributed by atoms with van der Waals surface area (Å²) in [6.07, 6.45) is 0.507. The van der Waals surface area contributed by atoms with E-state index in [2.05, 4.69) is 5.32 Å². The molecule has 7 heteroatoms. The van der Waals surface area contributed by atoms with Gasteiger partial charge in [-0.3, -0.25) is 9.59 Å². The van der Waals surface area contributed by atoms with Crippen LogP contribution in [-0.4, -0.2) is 45.2 Å². The van der Waals surface area contributed by atoms with Gasteiger partial charge in [-0.05, 0) is 37.3 Å². The van der Waals surface area contributed by atoms with Gasteiger partial charge in [0.05, 0.1) is 19.3 Å². The molecule has 1 N–H and O–H groups in total. The standard InChI is InChI=1S/C24H29NO6/c1-13-8-6-7-9-16(13)20-19(24(28)31-11-10-29-4)15(3)25-17-12-14(2)18(23(27)30-5)22(26)21(17)20/h6-9,14,18,20,25H,10-12H2,1-5H3. The molecule has 1 aliphatic carbocycles. The predicted molar refractivity (Wildman–Crippen MR) is 114 cm³/mol. The van der Waals surface area contributed by atoms with Gasteiger partial charge in [-0.15, -0.1) is 0 Å². The number of allylic oxidation sites excluding steroid dienone is 3. The van der Waals surface area contributed by atoms with E-state index in [0.29, 0.717) is 23.3 Å². The number of hydrogen-bond acceptors (Lipinski definition) is 7.